The first-order valence-corrected chi connectivity index (χ1v) is 9.56. The van der Waals surface area contributed by atoms with Gasteiger partial charge in [0.1, 0.15) is 5.82 Å². The van der Waals surface area contributed by atoms with Crippen molar-refractivity contribution in [1.82, 2.24) is 9.97 Å². The third kappa shape index (κ3) is 4.62. The van der Waals surface area contributed by atoms with Crippen LogP contribution in [0.2, 0.25) is 0 Å². The van der Waals surface area contributed by atoms with Gasteiger partial charge in [-0.2, -0.15) is 4.98 Å². The first-order valence-electron chi connectivity index (χ1n) is 9.56. The molecular formula is C18H29N5O3. The molecule has 1 amide bonds. The molecule has 8 nitrogen and oxygen atoms in total. The van der Waals surface area contributed by atoms with Crippen LogP contribution in [0.25, 0.3) is 0 Å². The van der Waals surface area contributed by atoms with E-state index in [2.05, 4.69) is 20.6 Å². The van der Waals surface area contributed by atoms with Gasteiger partial charge < -0.3 is 26.2 Å². The summed E-state index contributed by atoms with van der Waals surface area (Å²) in [5.74, 6) is 0.289. The zero-order valence-corrected chi connectivity index (χ0v) is 15.3. The fourth-order valence-electron chi connectivity index (χ4n) is 3.82. The molecule has 2 fully saturated rings. The third-order valence-electron chi connectivity index (χ3n) is 5.27. The van der Waals surface area contributed by atoms with Crippen molar-refractivity contribution in [3.05, 3.63) is 11.8 Å². The van der Waals surface area contributed by atoms with Crippen molar-refractivity contribution in [2.45, 2.75) is 76.2 Å². The van der Waals surface area contributed by atoms with Gasteiger partial charge in [0.25, 0.3) is 5.91 Å². The second kappa shape index (κ2) is 8.64. The lowest BCUT2D eigenvalue weighted by Crippen LogP contribution is -2.32. The lowest BCUT2D eigenvalue weighted by molar-refractivity contribution is 0.0346. The van der Waals surface area contributed by atoms with E-state index in [9.17, 15) is 9.90 Å². The molecule has 0 saturated heterocycles. The van der Waals surface area contributed by atoms with Gasteiger partial charge in [0.15, 0.2) is 0 Å². The van der Waals surface area contributed by atoms with Crippen molar-refractivity contribution in [2.24, 2.45) is 5.73 Å². The smallest absolute Gasteiger partial charge is 0.254 e. The van der Waals surface area contributed by atoms with Gasteiger partial charge in [-0.15, -0.1) is 0 Å². The van der Waals surface area contributed by atoms with E-state index in [-0.39, 0.29) is 17.6 Å². The molecular weight excluding hydrogens is 334 g/mol. The summed E-state index contributed by atoms with van der Waals surface area (Å²) in [7, 11) is 0. The number of ether oxygens (including phenoxy) is 1. The highest BCUT2D eigenvalue weighted by Gasteiger charge is 2.27. The molecule has 2 aliphatic carbocycles. The molecule has 2 aliphatic rings. The van der Waals surface area contributed by atoms with E-state index in [1.807, 2.05) is 6.92 Å². The monoisotopic (exact) mass is 363 g/mol. The van der Waals surface area contributed by atoms with E-state index in [4.69, 9.17) is 10.5 Å². The third-order valence-corrected chi connectivity index (χ3v) is 5.27. The number of nitrogens with two attached hydrogens (primary N) is 1. The number of anilines is 2. The maximum atomic E-state index is 11.7. The SMILES string of the molecule is CCOC1CCC(Nc2ncc(C(N)=O)c(NC3CCC[C@@H]3O)n2)CC1. The summed E-state index contributed by atoms with van der Waals surface area (Å²) in [4.78, 5) is 20.4. The highest BCUT2D eigenvalue weighted by atomic mass is 16.5. The Morgan fingerprint density at radius 2 is 2.04 bits per heavy atom. The van der Waals surface area contributed by atoms with Gasteiger partial charge in [0.05, 0.1) is 23.8 Å². The summed E-state index contributed by atoms with van der Waals surface area (Å²) in [5.41, 5.74) is 5.69. The van der Waals surface area contributed by atoms with Crippen LogP contribution in [0.5, 0.6) is 0 Å². The van der Waals surface area contributed by atoms with E-state index < -0.39 is 12.0 Å². The number of carbonyl (C=O) groups is 1. The molecule has 2 saturated carbocycles. The van der Waals surface area contributed by atoms with Crippen molar-refractivity contribution in [3.8, 4) is 0 Å². The van der Waals surface area contributed by atoms with Crippen LogP contribution in [0.4, 0.5) is 11.8 Å². The summed E-state index contributed by atoms with van der Waals surface area (Å²) in [5, 5.41) is 16.6. The summed E-state index contributed by atoms with van der Waals surface area (Å²) < 4.78 is 5.68. The Morgan fingerprint density at radius 1 is 1.27 bits per heavy atom. The minimum Gasteiger partial charge on any atom is -0.391 e. The van der Waals surface area contributed by atoms with E-state index in [1.54, 1.807) is 0 Å². The quantitative estimate of drug-likeness (QED) is 0.581. The fraction of sp³-hybridized carbons (Fsp3) is 0.722. The van der Waals surface area contributed by atoms with E-state index in [0.717, 1.165) is 51.6 Å². The maximum Gasteiger partial charge on any atom is 0.254 e. The molecule has 0 bridgehead atoms. The topological polar surface area (TPSA) is 122 Å². The van der Waals surface area contributed by atoms with Gasteiger partial charge in [-0.25, -0.2) is 4.98 Å². The van der Waals surface area contributed by atoms with Crippen molar-refractivity contribution < 1.29 is 14.6 Å². The minimum atomic E-state index is -0.580. The lowest BCUT2D eigenvalue weighted by atomic mass is 9.93. The van der Waals surface area contributed by atoms with Crippen LogP contribution in [-0.4, -0.2) is 51.9 Å². The minimum absolute atomic E-state index is 0.113. The molecule has 5 N–H and O–H groups in total. The molecule has 1 aromatic rings. The molecule has 0 aromatic carbocycles. The van der Waals surface area contributed by atoms with Gasteiger partial charge in [-0.1, -0.05) is 0 Å². The maximum absolute atomic E-state index is 11.7. The number of nitrogens with zero attached hydrogens (tertiary/aromatic N) is 2. The van der Waals surface area contributed by atoms with Gasteiger partial charge in [-0.05, 0) is 51.9 Å². The predicted molar refractivity (Wildman–Crippen MR) is 99.1 cm³/mol. The Labute approximate surface area is 153 Å². The number of hydrogen-bond acceptors (Lipinski definition) is 7. The number of aromatic nitrogens is 2. The van der Waals surface area contributed by atoms with E-state index >= 15 is 0 Å². The predicted octanol–water partition coefficient (Wildman–Crippen LogP) is 1.66. The van der Waals surface area contributed by atoms with E-state index in [1.165, 1.54) is 6.20 Å². The number of amides is 1. The van der Waals surface area contributed by atoms with Gasteiger partial charge in [-0.3, -0.25) is 4.79 Å². The molecule has 0 spiro atoms. The molecule has 3 rings (SSSR count). The van der Waals surface area contributed by atoms with Crippen LogP contribution in [0.15, 0.2) is 6.20 Å². The molecule has 1 heterocycles. The number of nitrogens with one attached hydrogen (secondary N) is 2. The highest BCUT2D eigenvalue weighted by molar-refractivity contribution is 5.97. The second-order valence-corrected chi connectivity index (χ2v) is 7.14. The fourth-order valence-corrected chi connectivity index (χ4v) is 3.82. The number of aliphatic hydroxyl groups excluding tert-OH is 1. The van der Waals surface area contributed by atoms with Crippen molar-refractivity contribution in [1.29, 1.82) is 0 Å². The molecule has 2 atom stereocenters. The van der Waals surface area contributed by atoms with Crippen LogP contribution in [0, 0.1) is 0 Å². The molecule has 8 heteroatoms. The zero-order chi connectivity index (χ0) is 18.5. The molecule has 0 radical (unpaired) electrons. The summed E-state index contributed by atoms with van der Waals surface area (Å²) >= 11 is 0. The average molecular weight is 363 g/mol. The summed E-state index contributed by atoms with van der Waals surface area (Å²) in [6.07, 6.45) is 7.93. The van der Waals surface area contributed by atoms with Gasteiger partial charge in [0, 0.05) is 18.8 Å². The number of rotatable bonds is 7. The van der Waals surface area contributed by atoms with Crippen LogP contribution < -0.4 is 16.4 Å². The standard InChI is InChI=1S/C18H29N5O3/c1-2-26-12-8-6-11(7-9-12)21-18-20-10-13(16(19)25)17(23-18)22-14-4-3-5-15(14)24/h10-12,14-15,24H,2-9H2,1H3,(H2,19,25)(H2,20,21,22,23)/t11?,12?,14?,15-/m0/s1. The van der Waals surface area contributed by atoms with Crippen molar-refractivity contribution in [2.75, 3.05) is 17.2 Å². The zero-order valence-electron chi connectivity index (χ0n) is 15.3. The first-order chi connectivity index (χ1) is 12.6. The lowest BCUT2D eigenvalue weighted by Gasteiger charge is -2.29. The Morgan fingerprint density at radius 3 is 2.65 bits per heavy atom. The Hall–Kier alpha value is -1.93. The second-order valence-electron chi connectivity index (χ2n) is 7.14. The molecule has 0 aliphatic heterocycles. The van der Waals surface area contributed by atoms with Crippen LogP contribution >= 0.6 is 0 Å². The first kappa shape index (κ1) is 18.8. The van der Waals surface area contributed by atoms with Crippen LogP contribution in [0.3, 0.4) is 0 Å². The Balaban J connectivity index is 1.66. The van der Waals surface area contributed by atoms with Crippen molar-refractivity contribution in [3.63, 3.8) is 0 Å². The Bertz CT molecular complexity index is 619. The number of aliphatic hydroxyl groups is 1. The average Bonchev–Trinajstić information content (AvgIpc) is 3.02. The van der Waals surface area contributed by atoms with Gasteiger partial charge in [0.2, 0.25) is 5.95 Å². The van der Waals surface area contributed by atoms with Gasteiger partial charge >= 0.3 is 0 Å². The number of primary amides is 1. The normalized spacial score (nSPS) is 28.7. The number of carbonyl (C=O) groups excluding carboxylic acids is 1. The highest BCUT2D eigenvalue weighted by Crippen LogP contribution is 2.26. The largest absolute Gasteiger partial charge is 0.391 e. The van der Waals surface area contributed by atoms with Crippen molar-refractivity contribution >= 4 is 17.7 Å². The summed E-state index contributed by atoms with van der Waals surface area (Å²) in [6.45, 7) is 2.77. The van der Waals surface area contributed by atoms with E-state index in [0.29, 0.717) is 17.9 Å². The molecule has 144 valence electrons. The van der Waals surface area contributed by atoms with Crippen LogP contribution in [0.1, 0.15) is 62.2 Å². The molecule has 26 heavy (non-hydrogen) atoms. The summed E-state index contributed by atoms with van der Waals surface area (Å²) in [6, 6.07) is 0.175. The Kier molecular flexibility index (Phi) is 6.26. The number of hydrogen-bond donors (Lipinski definition) is 4. The molecule has 1 aromatic heterocycles. The van der Waals surface area contributed by atoms with Crippen LogP contribution in [-0.2, 0) is 4.74 Å². The molecule has 1 unspecified atom stereocenters.